The molecule has 12 heavy (non-hydrogen) atoms. The number of phenolic OH excluding ortho intramolecular Hbond substituents is 1. The van der Waals surface area contributed by atoms with Gasteiger partial charge in [0.05, 0.1) is 10.4 Å². The average molecular weight is 177 g/mol. The molecule has 0 saturated heterocycles. The monoisotopic (exact) mass is 177 g/mol. The molecule has 0 atom stereocenters. The summed E-state index contributed by atoms with van der Waals surface area (Å²) in [6.07, 6.45) is 1.82. The van der Waals surface area contributed by atoms with E-state index in [9.17, 15) is 0 Å². The van der Waals surface area contributed by atoms with Gasteiger partial charge in [0.2, 0.25) is 0 Å². The standard InChI is InChI=1S/C9H7NOS/c11-8-3-1-7(2-4-8)9-5-10-6-12-9/h1-6,11H. The molecular weight excluding hydrogens is 170 g/mol. The maximum atomic E-state index is 9.04. The summed E-state index contributed by atoms with van der Waals surface area (Å²) in [5, 5.41) is 9.04. The molecule has 0 spiro atoms. The molecule has 2 aromatic rings. The summed E-state index contributed by atoms with van der Waals surface area (Å²) in [5.74, 6) is 0.295. The predicted molar refractivity (Wildman–Crippen MR) is 49.2 cm³/mol. The van der Waals surface area contributed by atoms with Gasteiger partial charge in [-0.15, -0.1) is 11.3 Å². The number of hydrogen-bond acceptors (Lipinski definition) is 3. The third-order valence-corrected chi connectivity index (χ3v) is 2.41. The van der Waals surface area contributed by atoms with Crippen LogP contribution in [-0.2, 0) is 0 Å². The van der Waals surface area contributed by atoms with E-state index in [4.69, 9.17) is 5.11 Å². The molecule has 2 nitrogen and oxygen atoms in total. The second kappa shape index (κ2) is 2.95. The lowest BCUT2D eigenvalue weighted by Gasteiger charge is -1.95. The van der Waals surface area contributed by atoms with Gasteiger partial charge in [-0.3, -0.25) is 4.98 Å². The number of hydrogen-bond donors (Lipinski definition) is 1. The van der Waals surface area contributed by atoms with Gasteiger partial charge in [0.15, 0.2) is 0 Å². The number of phenols is 1. The summed E-state index contributed by atoms with van der Waals surface area (Å²) in [6, 6.07) is 7.11. The molecule has 3 heteroatoms. The van der Waals surface area contributed by atoms with Crippen LogP contribution in [0.5, 0.6) is 5.75 Å². The Morgan fingerprint density at radius 2 is 1.92 bits per heavy atom. The molecule has 0 radical (unpaired) electrons. The highest BCUT2D eigenvalue weighted by molar-refractivity contribution is 7.13. The molecule has 1 heterocycles. The summed E-state index contributed by atoms with van der Waals surface area (Å²) in [5.41, 5.74) is 2.89. The first kappa shape index (κ1) is 7.31. The Morgan fingerprint density at radius 1 is 1.17 bits per heavy atom. The van der Waals surface area contributed by atoms with Crippen molar-refractivity contribution in [2.24, 2.45) is 0 Å². The van der Waals surface area contributed by atoms with Crippen molar-refractivity contribution in [1.82, 2.24) is 4.98 Å². The maximum Gasteiger partial charge on any atom is 0.115 e. The fourth-order valence-electron chi connectivity index (χ4n) is 0.984. The Bertz CT molecular complexity index is 353. The van der Waals surface area contributed by atoms with Gasteiger partial charge in [-0.25, -0.2) is 0 Å². The Labute approximate surface area is 74.1 Å². The molecule has 0 saturated carbocycles. The van der Waals surface area contributed by atoms with Crippen LogP contribution in [-0.4, -0.2) is 10.1 Å². The highest BCUT2D eigenvalue weighted by atomic mass is 32.1. The minimum Gasteiger partial charge on any atom is -0.508 e. The van der Waals surface area contributed by atoms with Crippen molar-refractivity contribution in [3.8, 4) is 16.2 Å². The van der Waals surface area contributed by atoms with Crippen LogP contribution in [0.3, 0.4) is 0 Å². The fourth-order valence-corrected chi connectivity index (χ4v) is 1.61. The lowest BCUT2D eigenvalue weighted by atomic mass is 10.2. The second-order valence-corrected chi connectivity index (χ2v) is 3.30. The number of benzene rings is 1. The molecule has 60 valence electrons. The molecule has 0 bridgehead atoms. The van der Waals surface area contributed by atoms with Gasteiger partial charge in [0.1, 0.15) is 5.75 Å². The van der Waals surface area contributed by atoms with Gasteiger partial charge in [-0.05, 0) is 29.8 Å². The molecule has 0 fully saturated rings. The zero-order chi connectivity index (χ0) is 8.39. The number of aromatic nitrogens is 1. The molecule has 0 aliphatic rings. The molecule has 1 aromatic carbocycles. The highest BCUT2D eigenvalue weighted by Gasteiger charge is 1.97. The van der Waals surface area contributed by atoms with E-state index in [1.807, 2.05) is 18.3 Å². The molecule has 1 aromatic heterocycles. The largest absolute Gasteiger partial charge is 0.508 e. The van der Waals surface area contributed by atoms with Crippen molar-refractivity contribution in [3.63, 3.8) is 0 Å². The van der Waals surface area contributed by atoms with Crippen molar-refractivity contribution in [3.05, 3.63) is 36.0 Å². The summed E-state index contributed by atoms with van der Waals surface area (Å²) in [7, 11) is 0. The van der Waals surface area contributed by atoms with E-state index >= 15 is 0 Å². The van der Waals surface area contributed by atoms with Crippen LogP contribution in [0.15, 0.2) is 36.0 Å². The molecule has 1 N–H and O–H groups in total. The van der Waals surface area contributed by atoms with Crippen LogP contribution in [0.25, 0.3) is 10.4 Å². The van der Waals surface area contributed by atoms with Gasteiger partial charge in [-0.1, -0.05) is 0 Å². The summed E-state index contributed by atoms with van der Waals surface area (Å²) in [4.78, 5) is 5.10. The zero-order valence-corrected chi connectivity index (χ0v) is 7.08. The van der Waals surface area contributed by atoms with Crippen LogP contribution in [0, 0.1) is 0 Å². The normalized spacial score (nSPS) is 10.0. The van der Waals surface area contributed by atoms with Crippen molar-refractivity contribution in [2.75, 3.05) is 0 Å². The minimum absolute atomic E-state index is 0.295. The summed E-state index contributed by atoms with van der Waals surface area (Å²) >= 11 is 1.59. The molecule has 0 aliphatic heterocycles. The van der Waals surface area contributed by atoms with Crippen molar-refractivity contribution < 1.29 is 5.11 Å². The third kappa shape index (κ3) is 1.31. The lowest BCUT2D eigenvalue weighted by Crippen LogP contribution is -1.70. The number of thiazole rings is 1. The Kier molecular flexibility index (Phi) is 1.80. The van der Waals surface area contributed by atoms with E-state index in [2.05, 4.69) is 4.98 Å². The first-order chi connectivity index (χ1) is 5.86. The third-order valence-electron chi connectivity index (χ3n) is 1.58. The van der Waals surface area contributed by atoms with Gasteiger partial charge in [0, 0.05) is 6.20 Å². The number of rotatable bonds is 1. The molecule has 0 unspecified atom stereocenters. The summed E-state index contributed by atoms with van der Waals surface area (Å²) in [6.45, 7) is 0. The van der Waals surface area contributed by atoms with E-state index in [1.54, 1.807) is 29.0 Å². The molecular formula is C9H7NOS. The van der Waals surface area contributed by atoms with Gasteiger partial charge in [-0.2, -0.15) is 0 Å². The average Bonchev–Trinajstić information content (AvgIpc) is 2.58. The van der Waals surface area contributed by atoms with Gasteiger partial charge >= 0.3 is 0 Å². The molecule has 2 rings (SSSR count). The Balaban J connectivity index is 2.43. The van der Waals surface area contributed by atoms with Crippen LogP contribution in [0.2, 0.25) is 0 Å². The van der Waals surface area contributed by atoms with Crippen LogP contribution >= 0.6 is 11.3 Å². The number of nitrogens with zero attached hydrogens (tertiary/aromatic N) is 1. The van der Waals surface area contributed by atoms with E-state index in [1.165, 1.54) is 0 Å². The van der Waals surface area contributed by atoms with Crippen LogP contribution in [0.1, 0.15) is 0 Å². The number of aromatic hydroxyl groups is 1. The maximum absolute atomic E-state index is 9.04. The SMILES string of the molecule is Oc1ccc(-c2cncs2)cc1. The van der Waals surface area contributed by atoms with E-state index in [0.29, 0.717) is 5.75 Å². The van der Waals surface area contributed by atoms with E-state index in [-0.39, 0.29) is 0 Å². The summed E-state index contributed by atoms with van der Waals surface area (Å²) < 4.78 is 0. The van der Waals surface area contributed by atoms with Gasteiger partial charge < -0.3 is 5.11 Å². The first-order valence-electron chi connectivity index (χ1n) is 3.54. The van der Waals surface area contributed by atoms with Crippen molar-refractivity contribution >= 4 is 11.3 Å². The van der Waals surface area contributed by atoms with Crippen LogP contribution < -0.4 is 0 Å². The minimum atomic E-state index is 0.295. The van der Waals surface area contributed by atoms with E-state index in [0.717, 1.165) is 10.4 Å². The zero-order valence-electron chi connectivity index (χ0n) is 6.27. The lowest BCUT2D eigenvalue weighted by molar-refractivity contribution is 0.475. The fraction of sp³-hybridized carbons (Fsp3) is 0. The Morgan fingerprint density at radius 3 is 2.50 bits per heavy atom. The van der Waals surface area contributed by atoms with Crippen molar-refractivity contribution in [1.29, 1.82) is 0 Å². The topological polar surface area (TPSA) is 33.1 Å². The van der Waals surface area contributed by atoms with E-state index < -0.39 is 0 Å². The van der Waals surface area contributed by atoms with Crippen LogP contribution in [0.4, 0.5) is 0 Å². The second-order valence-electron chi connectivity index (χ2n) is 2.41. The predicted octanol–water partition coefficient (Wildman–Crippen LogP) is 2.52. The smallest absolute Gasteiger partial charge is 0.115 e. The Hall–Kier alpha value is -1.35. The van der Waals surface area contributed by atoms with Crippen molar-refractivity contribution in [2.45, 2.75) is 0 Å². The van der Waals surface area contributed by atoms with Gasteiger partial charge in [0.25, 0.3) is 0 Å². The first-order valence-corrected chi connectivity index (χ1v) is 4.42. The quantitative estimate of drug-likeness (QED) is 0.726. The molecule has 0 aliphatic carbocycles. The molecule has 0 amide bonds. The highest BCUT2D eigenvalue weighted by Crippen LogP contribution is 2.24.